The molecule has 1 aliphatic heterocycles. The number of aryl methyl sites for hydroxylation is 2. The Kier molecular flexibility index (Phi) is 3.77. The van der Waals surface area contributed by atoms with Crippen molar-refractivity contribution in [2.45, 2.75) is 62.9 Å². The topological polar surface area (TPSA) is 29.1 Å². The Balaban J connectivity index is 2.05. The summed E-state index contributed by atoms with van der Waals surface area (Å²) in [4.78, 5) is 1.11. The molecule has 0 amide bonds. The van der Waals surface area contributed by atoms with Crippen molar-refractivity contribution in [3.05, 3.63) is 28.8 Å². The van der Waals surface area contributed by atoms with Crippen molar-refractivity contribution in [3.8, 4) is 0 Å². The Hall–Kier alpha value is -0.670. The second-order valence-electron chi connectivity index (χ2n) is 6.08. The molecule has 0 bridgehead atoms. The predicted molar refractivity (Wildman–Crippen MR) is 80.0 cm³/mol. The molecule has 2 aliphatic rings. The molecule has 0 saturated carbocycles. The standard InChI is InChI=1S/C16H23NOS/c1-11(2)17-15-7-4-8-19(18)16-10-13-6-3-5-12(13)9-14(15)16/h9-11,15,17H,3-8H2,1-2H3. The Morgan fingerprint density at radius 2 is 1.95 bits per heavy atom. The van der Waals surface area contributed by atoms with Crippen molar-refractivity contribution >= 4 is 10.8 Å². The first-order valence-corrected chi connectivity index (χ1v) is 8.77. The van der Waals surface area contributed by atoms with Crippen molar-refractivity contribution in [3.63, 3.8) is 0 Å². The fourth-order valence-corrected chi connectivity index (χ4v) is 4.74. The molecule has 0 radical (unpaired) electrons. The summed E-state index contributed by atoms with van der Waals surface area (Å²) in [6.45, 7) is 4.38. The minimum Gasteiger partial charge on any atom is -0.308 e. The zero-order valence-electron chi connectivity index (χ0n) is 11.9. The van der Waals surface area contributed by atoms with Crippen LogP contribution in [0.5, 0.6) is 0 Å². The second-order valence-corrected chi connectivity index (χ2v) is 7.62. The minimum absolute atomic E-state index is 0.382. The van der Waals surface area contributed by atoms with Crippen LogP contribution in [0.3, 0.4) is 0 Å². The quantitative estimate of drug-likeness (QED) is 0.900. The Bertz CT molecular complexity index is 510. The van der Waals surface area contributed by atoms with E-state index in [1.807, 2.05) is 0 Å². The third-order valence-corrected chi connectivity index (χ3v) is 5.71. The number of benzene rings is 1. The molecule has 0 aromatic heterocycles. The summed E-state index contributed by atoms with van der Waals surface area (Å²) in [7, 11) is -0.800. The van der Waals surface area contributed by atoms with Crippen LogP contribution in [0, 0.1) is 0 Å². The van der Waals surface area contributed by atoms with Crippen LogP contribution in [-0.4, -0.2) is 16.0 Å². The Morgan fingerprint density at radius 1 is 1.21 bits per heavy atom. The van der Waals surface area contributed by atoms with Gasteiger partial charge in [-0.1, -0.05) is 19.9 Å². The summed E-state index contributed by atoms with van der Waals surface area (Å²) < 4.78 is 12.4. The van der Waals surface area contributed by atoms with E-state index >= 15 is 0 Å². The highest BCUT2D eigenvalue weighted by Crippen LogP contribution is 2.34. The maximum absolute atomic E-state index is 12.4. The van der Waals surface area contributed by atoms with Crippen LogP contribution in [0.4, 0.5) is 0 Å². The average Bonchev–Trinajstić information content (AvgIpc) is 2.76. The largest absolute Gasteiger partial charge is 0.308 e. The zero-order valence-corrected chi connectivity index (χ0v) is 12.7. The molecule has 2 unspecified atom stereocenters. The predicted octanol–water partition coefficient (Wildman–Crippen LogP) is 3.12. The van der Waals surface area contributed by atoms with E-state index in [-0.39, 0.29) is 0 Å². The average molecular weight is 277 g/mol. The lowest BCUT2D eigenvalue weighted by Gasteiger charge is -2.22. The molecule has 2 nitrogen and oxygen atoms in total. The maximum atomic E-state index is 12.4. The lowest BCUT2D eigenvalue weighted by molar-refractivity contribution is 0.447. The number of fused-ring (bicyclic) bond motifs is 2. The van der Waals surface area contributed by atoms with Crippen LogP contribution in [0.2, 0.25) is 0 Å². The fraction of sp³-hybridized carbons (Fsp3) is 0.625. The van der Waals surface area contributed by atoms with Crippen molar-refractivity contribution in [1.29, 1.82) is 0 Å². The lowest BCUT2D eigenvalue weighted by Crippen LogP contribution is -2.28. The third kappa shape index (κ3) is 2.63. The smallest absolute Gasteiger partial charge is 0.0533 e. The highest BCUT2D eigenvalue weighted by molar-refractivity contribution is 7.85. The van der Waals surface area contributed by atoms with Gasteiger partial charge in [-0.2, -0.15) is 0 Å². The van der Waals surface area contributed by atoms with Gasteiger partial charge in [0.05, 0.1) is 10.8 Å². The van der Waals surface area contributed by atoms with Gasteiger partial charge in [-0.15, -0.1) is 0 Å². The first kappa shape index (κ1) is 13.3. The van der Waals surface area contributed by atoms with E-state index in [1.165, 1.54) is 36.0 Å². The van der Waals surface area contributed by atoms with Crippen LogP contribution in [0.1, 0.15) is 55.8 Å². The summed E-state index contributed by atoms with van der Waals surface area (Å²) >= 11 is 0. The molecule has 104 valence electrons. The monoisotopic (exact) mass is 277 g/mol. The summed E-state index contributed by atoms with van der Waals surface area (Å²) in [6, 6.07) is 5.44. The molecule has 19 heavy (non-hydrogen) atoms. The van der Waals surface area contributed by atoms with E-state index in [9.17, 15) is 4.21 Å². The molecule has 3 heteroatoms. The van der Waals surface area contributed by atoms with E-state index in [0.717, 1.165) is 23.5 Å². The summed E-state index contributed by atoms with van der Waals surface area (Å²) in [5.74, 6) is 0.821. The fourth-order valence-electron chi connectivity index (χ4n) is 3.35. The number of nitrogens with one attached hydrogen (secondary N) is 1. The third-order valence-electron chi connectivity index (χ3n) is 4.20. The van der Waals surface area contributed by atoms with Gasteiger partial charge in [0.1, 0.15) is 0 Å². The molecule has 1 aromatic carbocycles. The van der Waals surface area contributed by atoms with E-state index in [0.29, 0.717) is 12.1 Å². The zero-order chi connectivity index (χ0) is 13.4. The van der Waals surface area contributed by atoms with E-state index < -0.39 is 10.8 Å². The minimum atomic E-state index is -0.800. The lowest BCUT2D eigenvalue weighted by atomic mass is 9.97. The molecule has 0 spiro atoms. The first-order valence-electron chi connectivity index (χ1n) is 7.45. The van der Waals surface area contributed by atoms with E-state index in [2.05, 4.69) is 31.3 Å². The summed E-state index contributed by atoms with van der Waals surface area (Å²) in [5, 5.41) is 3.66. The van der Waals surface area contributed by atoms with Gasteiger partial charge in [0.2, 0.25) is 0 Å². The van der Waals surface area contributed by atoms with Crippen LogP contribution < -0.4 is 5.32 Å². The van der Waals surface area contributed by atoms with Gasteiger partial charge in [0, 0.05) is 22.7 Å². The van der Waals surface area contributed by atoms with E-state index in [1.54, 1.807) is 0 Å². The van der Waals surface area contributed by atoms with Gasteiger partial charge in [0.15, 0.2) is 0 Å². The highest BCUT2D eigenvalue weighted by atomic mass is 32.2. The maximum Gasteiger partial charge on any atom is 0.0533 e. The first-order chi connectivity index (χ1) is 9.15. The van der Waals surface area contributed by atoms with Crippen LogP contribution in [0.25, 0.3) is 0 Å². The number of hydrogen-bond acceptors (Lipinski definition) is 2. The molecule has 3 rings (SSSR count). The van der Waals surface area contributed by atoms with Crippen molar-refractivity contribution in [2.75, 3.05) is 5.75 Å². The van der Waals surface area contributed by atoms with Crippen LogP contribution >= 0.6 is 0 Å². The molecule has 1 aromatic rings. The van der Waals surface area contributed by atoms with Crippen LogP contribution in [0.15, 0.2) is 17.0 Å². The molecular formula is C16H23NOS. The molecule has 2 atom stereocenters. The summed E-state index contributed by atoms with van der Waals surface area (Å²) in [6.07, 6.45) is 5.78. The normalized spacial score (nSPS) is 26.1. The van der Waals surface area contributed by atoms with E-state index in [4.69, 9.17) is 0 Å². The molecular weight excluding hydrogens is 254 g/mol. The molecule has 0 fully saturated rings. The van der Waals surface area contributed by atoms with Gasteiger partial charge in [0.25, 0.3) is 0 Å². The SMILES string of the molecule is CC(C)NC1CCCS(=O)c2cc3c(cc21)CCC3. The van der Waals surface area contributed by atoms with Gasteiger partial charge in [-0.05, 0) is 54.9 Å². The van der Waals surface area contributed by atoms with Gasteiger partial charge < -0.3 is 5.32 Å². The Labute approximate surface area is 118 Å². The molecule has 1 aliphatic carbocycles. The number of hydrogen-bond donors (Lipinski definition) is 1. The molecule has 1 heterocycles. The van der Waals surface area contributed by atoms with Gasteiger partial charge >= 0.3 is 0 Å². The van der Waals surface area contributed by atoms with Crippen molar-refractivity contribution < 1.29 is 4.21 Å². The van der Waals surface area contributed by atoms with Gasteiger partial charge in [-0.3, -0.25) is 4.21 Å². The van der Waals surface area contributed by atoms with Gasteiger partial charge in [-0.25, -0.2) is 0 Å². The second kappa shape index (κ2) is 5.37. The molecule has 1 N–H and O–H groups in total. The summed E-state index contributed by atoms with van der Waals surface area (Å²) in [5.41, 5.74) is 4.25. The van der Waals surface area contributed by atoms with Crippen LogP contribution in [-0.2, 0) is 23.6 Å². The van der Waals surface area contributed by atoms with Crippen molar-refractivity contribution in [1.82, 2.24) is 5.32 Å². The highest BCUT2D eigenvalue weighted by Gasteiger charge is 2.25. The number of rotatable bonds is 2. The molecule has 0 saturated heterocycles. The Morgan fingerprint density at radius 3 is 2.68 bits per heavy atom. The van der Waals surface area contributed by atoms with Crippen molar-refractivity contribution in [2.24, 2.45) is 0 Å².